The van der Waals surface area contributed by atoms with Crippen LogP contribution in [0.3, 0.4) is 0 Å². The molecule has 0 radical (unpaired) electrons. The number of ether oxygens (including phenoxy) is 1. The molecule has 1 saturated carbocycles. The van der Waals surface area contributed by atoms with Gasteiger partial charge in [0.2, 0.25) is 0 Å². The molecule has 1 amide bonds. The molecule has 2 aromatic rings. The summed E-state index contributed by atoms with van der Waals surface area (Å²) in [5.41, 5.74) is 3.21. The van der Waals surface area contributed by atoms with Gasteiger partial charge in [-0.3, -0.25) is 4.79 Å². The number of para-hydroxylation sites is 1. The minimum atomic E-state index is 0.0932. The zero-order chi connectivity index (χ0) is 18.6. The number of carbonyl (C=O) groups is 1. The van der Waals surface area contributed by atoms with E-state index in [0.717, 1.165) is 51.2 Å². The van der Waals surface area contributed by atoms with Crippen LogP contribution in [0.4, 0.5) is 5.69 Å². The second kappa shape index (κ2) is 8.03. The fraction of sp³-hybridized carbons (Fsp3) is 0.435. The number of rotatable bonds is 4. The van der Waals surface area contributed by atoms with Crippen molar-refractivity contribution in [1.82, 2.24) is 4.90 Å². The maximum atomic E-state index is 13.2. The molecule has 2 aliphatic rings. The first-order chi connectivity index (χ1) is 13.2. The lowest BCUT2D eigenvalue weighted by molar-refractivity contribution is 0.0748. The lowest BCUT2D eigenvalue weighted by Gasteiger charge is -2.28. The number of hydrogen-bond donors (Lipinski definition) is 0. The van der Waals surface area contributed by atoms with Gasteiger partial charge in [-0.2, -0.15) is 0 Å². The number of aryl methyl sites for hydroxylation is 1. The van der Waals surface area contributed by atoms with Crippen LogP contribution < -0.4 is 9.64 Å². The van der Waals surface area contributed by atoms with E-state index in [1.165, 1.54) is 17.7 Å². The molecule has 27 heavy (non-hydrogen) atoms. The third-order valence-corrected chi connectivity index (χ3v) is 5.65. The summed E-state index contributed by atoms with van der Waals surface area (Å²) in [6, 6.07) is 16.4. The molecule has 2 fully saturated rings. The SMILES string of the molecule is Cc1ccc(N2CCCN(C(=O)c3ccccc3OC3CCC3)CC2)cc1. The van der Waals surface area contributed by atoms with E-state index in [-0.39, 0.29) is 12.0 Å². The summed E-state index contributed by atoms with van der Waals surface area (Å²) in [6.07, 6.45) is 4.67. The van der Waals surface area contributed by atoms with E-state index in [1.807, 2.05) is 29.2 Å². The minimum Gasteiger partial charge on any atom is -0.490 e. The topological polar surface area (TPSA) is 32.8 Å². The van der Waals surface area contributed by atoms with Crippen LogP contribution in [0.1, 0.15) is 41.6 Å². The van der Waals surface area contributed by atoms with Crippen molar-refractivity contribution in [2.75, 3.05) is 31.1 Å². The van der Waals surface area contributed by atoms with Crippen molar-refractivity contribution in [1.29, 1.82) is 0 Å². The predicted octanol–water partition coefficient (Wildman–Crippen LogP) is 4.28. The van der Waals surface area contributed by atoms with Crippen molar-refractivity contribution < 1.29 is 9.53 Å². The molecule has 0 aromatic heterocycles. The standard InChI is InChI=1S/C23H28N2O2/c1-18-10-12-19(13-11-18)24-14-5-15-25(17-16-24)23(26)21-8-2-3-9-22(21)27-20-6-4-7-20/h2-3,8-13,20H,4-7,14-17H2,1H3. The van der Waals surface area contributed by atoms with E-state index in [4.69, 9.17) is 4.74 Å². The summed E-state index contributed by atoms with van der Waals surface area (Å²) in [5, 5.41) is 0. The maximum absolute atomic E-state index is 13.2. The second-order valence-electron chi connectivity index (χ2n) is 7.64. The van der Waals surface area contributed by atoms with Crippen LogP contribution in [0.5, 0.6) is 5.75 Å². The van der Waals surface area contributed by atoms with Crippen LogP contribution in [-0.4, -0.2) is 43.1 Å². The van der Waals surface area contributed by atoms with Crippen LogP contribution in [0.2, 0.25) is 0 Å². The molecule has 142 valence electrons. The number of hydrogen-bond acceptors (Lipinski definition) is 3. The van der Waals surface area contributed by atoms with Crippen LogP contribution in [0.15, 0.2) is 48.5 Å². The molecular formula is C23H28N2O2. The molecule has 0 atom stereocenters. The van der Waals surface area contributed by atoms with E-state index in [1.54, 1.807) is 0 Å². The average molecular weight is 364 g/mol. The monoisotopic (exact) mass is 364 g/mol. The number of benzene rings is 2. The number of carbonyl (C=O) groups excluding carboxylic acids is 1. The van der Waals surface area contributed by atoms with Gasteiger partial charge in [0, 0.05) is 31.9 Å². The second-order valence-corrected chi connectivity index (χ2v) is 7.64. The molecule has 4 nitrogen and oxygen atoms in total. The largest absolute Gasteiger partial charge is 0.490 e. The molecule has 0 unspecified atom stereocenters. The van der Waals surface area contributed by atoms with Crippen LogP contribution >= 0.6 is 0 Å². The van der Waals surface area contributed by atoms with Crippen LogP contribution in [0.25, 0.3) is 0 Å². The van der Waals surface area contributed by atoms with E-state index >= 15 is 0 Å². The minimum absolute atomic E-state index is 0.0932. The Bertz CT molecular complexity index is 783. The summed E-state index contributed by atoms with van der Waals surface area (Å²) < 4.78 is 6.07. The molecule has 1 aliphatic carbocycles. The Morgan fingerprint density at radius 1 is 0.926 bits per heavy atom. The number of anilines is 1. The highest BCUT2D eigenvalue weighted by atomic mass is 16.5. The average Bonchev–Trinajstić information content (AvgIpc) is 2.91. The molecule has 0 N–H and O–H groups in total. The van der Waals surface area contributed by atoms with Crippen LogP contribution in [-0.2, 0) is 0 Å². The van der Waals surface area contributed by atoms with E-state index < -0.39 is 0 Å². The lowest BCUT2D eigenvalue weighted by atomic mass is 9.96. The van der Waals surface area contributed by atoms with Crippen molar-refractivity contribution in [2.45, 2.75) is 38.7 Å². The van der Waals surface area contributed by atoms with Gasteiger partial charge in [0.15, 0.2) is 0 Å². The van der Waals surface area contributed by atoms with E-state index in [2.05, 4.69) is 36.1 Å². The van der Waals surface area contributed by atoms with Crippen molar-refractivity contribution >= 4 is 11.6 Å². The smallest absolute Gasteiger partial charge is 0.257 e. The molecule has 0 spiro atoms. The maximum Gasteiger partial charge on any atom is 0.257 e. The van der Waals surface area contributed by atoms with Crippen molar-refractivity contribution in [3.05, 3.63) is 59.7 Å². The number of amides is 1. The Morgan fingerprint density at radius 2 is 1.70 bits per heavy atom. The highest BCUT2D eigenvalue weighted by Gasteiger charge is 2.25. The fourth-order valence-corrected chi connectivity index (χ4v) is 3.72. The van der Waals surface area contributed by atoms with Gasteiger partial charge in [-0.15, -0.1) is 0 Å². The normalized spacial score (nSPS) is 18.0. The number of nitrogens with zero attached hydrogens (tertiary/aromatic N) is 2. The first kappa shape index (κ1) is 17.9. The predicted molar refractivity (Wildman–Crippen MR) is 109 cm³/mol. The molecule has 4 heteroatoms. The zero-order valence-electron chi connectivity index (χ0n) is 16.1. The van der Waals surface area contributed by atoms with Gasteiger partial charge in [0.25, 0.3) is 5.91 Å². The molecule has 4 rings (SSSR count). The molecular weight excluding hydrogens is 336 g/mol. The van der Waals surface area contributed by atoms with Gasteiger partial charge >= 0.3 is 0 Å². The van der Waals surface area contributed by atoms with Crippen molar-refractivity contribution in [2.24, 2.45) is 0 Å². The summed E-state index contributed by atoms with van der Waals surface area (Å²) in [4.78, 5) is 17.5. The summed E-state index contributed by atoms with van der Waals surface area (Å²) in [7, 11) is 0. The summed E-state index contributed by atoms with van der Waals surface area (Å²) in [5.74, 6) is 0.836. The Hall–Kier alpha value is -2.49. The highest BCUT2D eigenvalue weighted by Crippen LogP contribution is 2.28. The first-order valence-electron chi connectivity index (χ1n) is 10.1. The molecule has 1 saturated heterocycles. The third kappa shape index (κ3) is 4.10. The summed E-state index contributed by atoms with van der Waals surface area (Å²) >= 11 is 0. The Labute approximate surface area is 161 Å². The van der Waals surface area contributed by atoms with Crippen molar-refractivity contribution in [3.63, 3.8) is 0 Å². The van der Waals surface area contributed by atoms with E-state index in [9.17, 15) is 4.79 Å². The van der Waals surface area contributed by atoms with Crippen molar-refractivity contribution in [3.8, 4) is 5.75 Å². The van der Waals surface area contributed by atoms with Gasteiger partial charge < -0.3 is 14.5 Å². The molecule has 2 aromatic carbocycles. The Balaban J connectivity index is 1.44. The van der Waals surface area contributed by atoms with Gasteiger partial charge in [-0.05, 0) is 56.9 Å². The highest BCUT2D eigenvalue weighted by molar-refractivity contribution is 5.97. The van der Waals surface area contributed by atoms with Gasteiger partial charge in [0.05, 0.1) is 11.7 Å². The third-order valence-electron chi connectivity index (χ3n) is 5.65. The van der Waals surface area contributed by atoms with E-state index in [0.29, 0.717) is 5.56 Å². The zero-order valence-corrected chi connectivity index (χ0v) is 16.1. The van der Waals surface area contributed by atoms with Gasteiger partial charge in [-0.1, -0.05) is 29.8 Å². The first-order valence-corrected chi connectivity index (χ1v) is 10.1. The molecule has 1 heterocycles. The molecule has 1 aliphatic heterocycles. The lowest BCUT2D eigenvalue weighted by Crippen LogP contribution is -2.35. The Kier molecular flexibility index (Phi) is 5.33. The van der Waals surface area contributed by atoms with Gasteiger partial charge in [0.1, 0.15) is 5.75 Å². The summed E-state index contributed by atoms with van der Waals surface area (Å²) in [6.45, 7) is 5.48. The quantitative estimate of drug-likeness (QED) is 0.812. The van der Waals surface area contributed by atoms with Crippen LogP contribution in [0, 0.1) is 6.92 Å². The van der Waals surface area contributed by atoms with Gasteiger partial charge in [-0.25, -0.2) is 0 Å². The Morgan fingerprint density at radius 3 is 2.44 bits per heavy atom. The molecule has 0 bridgehead atoms. The fourth-order valence-electron chi connectivity index (χ4n) is 3.72.